The molecule has 266 valence electrons. The molecule has 1 amide bonds. The lowest BCUT2D eigenvalue weighted by molar-refractivity contribution is -0.448. The highest BCUT2D eigenvalue weighted by molar-refractivity contribution is 7.86. The Kier molecular flexibility index (Phi) is 9.11. The van der Waals surface area contributed by atoms with Gasteiger partial charge in [-0.25, -0.2) is 0 Å². The Balaban J connectivity index is 1.38. The van der Waals surface area contributed by atoms with E-state index in [4.69, 9.17) is 0 Å². The summed E-state index contributed by atoms with van der Waals surface area (Å²) in [6, 6.07) is 10.4. The number of nitrogens with zero attached hydrogens (tertiary/aromatic N) is 2. The second-order valence-corrected chi connectivity index (χ2v) is 16.9. The molecule has 4 aliphatic rings. The van der Waals surface area contributed by atoms with Gasteiger partial charge >= 0.3 is 0 Å². The number of carbonyl (C=O) groups excluding carboxylic acids is 1. The molecule has 2 heterocycles. The number of anilines is 1. The van der Waals surface area contributed by atoms with E-state index in [2.05, 4.69) is 18.3 Å². The van der Waals surface area contributed by atoms with Crippen LogP contribution < -0.4 is 10.2 Å². The van der Waals surface area contributed by atoms with Gasteiger partial charge in [0.05, 0.1) is 10.3 Å². The quantitative estimate of drug-likeness (QED) is 0.137. The van der Waals surface area contributed by atoms with Gasteiger partial charge in [-0.05, 0) is 94.0 Å². The van der Waals surface area contributed by atoms with Crippen molar-refractivity contribution >= 4 is 43.2 Å². The highest BCUT2D eigenvalue weighted by atomic mass is 32.2. The summed E-state index contributed by atoms with van der Waals surface area (Å²) < 4.78 is 67.9. The minimum Gasteiger partial charge on any atom is -0.385 e. The summed E-state index contributed by atoms with van der Waals surface area (Å²) in [4.78, 5) is 13.8. The van der Waals surface area contributed by atoms with Crippen molar-refractivity contribution in [3.8, 4) is 0 Å². The average Bonchev–Trinajstić information content (AvgIpc) is 3.67. The molecule has 2 aromatic carbocycles. The Bertz CT molecular complexity index is 2180. The number of allylic oxidation sites excluding steroid dienone is 7. The van der Waals surface area contributed by atoms with Crippen LogP contribution in [0.2, 0.25) is 0 Å². The van der Waals surface area contributed by atoms with Crippen LogP contribution in [0.25, 0.3) is 0 Å². The van der Waals surface area contributed by atoms with Crippen molar-refractivity contribution in [1.82, 2.24) is 5.32 Å². The predicted octanol–water partition coefficient (Wildman–Crippen LogP) is 3.92. The number of carbonyl (C=O) groups is 1. The third-order valence-electron chi connectivity index (χ3n) is 10.4. The highest BCUT2D eigenvalue weighted by Crippen LogP contribution is 2.56. The first-order valence-electron chi connectivity index (χ1n) is 16.4. The fourth-order valence-corrected chi connectivity index (χ4v) is 9.33. The zero-order valence-corrected chi connectivity index (χ0v) is 30.0. The summed E-state index contributed by atoms with van der Waals surface area (Å²) in [7, 11) is -8.82. The van der Waals surface area contributed by atoms with Crippen LogP contribution in [0.15, 0.2) is 88.1 Å². The van der Waals surface area contributed by atoms with E-state index in [-0.39, 0.29) is 24.1 Å². The summed E-state index contributed by atoms with van der Waals surface area (Å²) in [6.07, 6.45) is 8.80. The molecule has 3 atom stereocenters. The summed E-state index contributed by atoms with van der Waals surface area (Å²) in [5.74, 6) is -1.07. The molecule has 50 heavy (non-hydrogen) atoms. The van der Waals surface area contributed by atoms with Gasteiger partial charge in [0, 0.05) is 46.6 Å². The molecule has 2 aliphatic carbocycles. The number of hydrogen-bond acceptors (Lipinski definition) is 8. The summed E-state index contributed by atoms with van der Waals surface area (Å²) >= 11 is 0. The molecule has 0 bridgehead atoms. The molecular weight excluding hydrogens is 683 g/mol. The first kappa shape index (κ1) is 35.9. The molecule has 2 aromatic rings. The van der Waals surface area contributed by atoms with Crippen LogP contribution in [0.3, 0.4) is 0 Å². The highest BCUT2D eigenvalue weighted by Gasteiger charge is 2.54. The van der Waals surface area contributed by atoms with Gasteiger partial charge in [0.1, 0.15) is 18.6 Å². The first-order chi connectivity index (χ1) is 23.4. The molecule has 3 unspecified atom stereocenters. The number of rotatable bonds is 10. The maximum absolute atomic E-state index is 12.3. The topological polar surface area (TPSA) is 185 Å². The van der Waals surface area contributed by atoms with Crippen molar-refractivity contribution in [2.75, 3.05) is 23.9 Å². The molecule has 1 fully saturated rings. The number of aryl methyl sites for hydroxylation is 1. The lowest BCUT2D eigenvalue weighted by Crippen LogP contribution is -2.33. The molecule has 2 aliphatic heterocycles. The Labute approximate surface area is 292 Å². The van der Waals surface area contributed by atoms with Crippen LogP contribution in [-0.2, 0) is 35.9 Å². The van der Waals surface area contributed by atoms with Crippen molar-refractivity contribution < 1.29 is 45.5 Å². The average molecular weight is 725 g/mol. The van der Waals surface area contributed by atoms with Crippen molar-refractivity contribution in [2.24, 2.45) is 0 Å². The normalized spacial score (nSPS) is 24.7. The number of fused-ring (bicyclic) bond motifs is 6. The van der Waals surface area contributed by atoms with Crippen molar-refractivity contribution in [3.05, 3.63) is 99.9 Å². The lowest BCUT2D eigenvalue weighted by atomic mass is 9.80. The first-order valence-corrected chi connectivity index (χ1v) is 19.4. The number of aliphatic hydroxyl groups excluding tert-OH is 2. The van der Waals surface area contributed by atoms with Gasteiger partial charge in [-0.1, -0.05) is 23.8 Å². The van der Waals surface area contributed by atoms with Gasteiger partial charge in [-0.15, -0.1) is 0 Å². The van der Waals surface area contributed by atoms with Crippen LogP contribution in [0.1, 0.15) is 63.1 Å². The largest absolute Gasteiger partial charge is 0.385 e. The van der Waals surface area contributed by atoms with Crippen molar-refractivity contribution in [3.63, 3.8) is 0 Å². The Morgan fingerprint density at radius 2 is 1.76 bits per heavy atom. The molecule has 1 saturated carbocycles. The van der Waals surface area contributed by atoms with Gasteiger partial charge in [0.25, 0.3) is 20.2 Å². The lowest BCUT2D eigenvalue weighted by Gasteiger charge is -2.24. The van der Waals surface area contributed by atoms with Crippen molar-refractivity contribution in [1.29, 1.82) is 0 Å². The number of benzene rings is 2. The number of nitrogens with one attached hydrogen (secondary N) is 1. The smallest absolute Gasteiger partial charge is 0.294 e. The molecule has 5 N–H and O–H groups in total. The van der Waals surface area contributed by atoms with Gasteiger partial charge in [-0.2, -0.15) is 21.4 Å². The fraction of sp³-hybridized carbons (Fsp3) is 0.389. The molecule has 12 nitrogen and oxygen atoms in total. The van der Waals surface area contributed by atoms with Crippen LogP contribution in [0.5, 0.6) is 0 Å². The van der Waals surface area contributed by atoms with E-state index in [1.165, 1.54) is 19.1 Å². The van der Waals surface area contributed by atoms with Crippen LogP contribution in [-0.4, -0.2) is 77.5 Å². The van der Waals surface area contributed by atoms with E-state index in [9.17, 15) is 40.9 Å². The third-order valence-corrected chi connectivity index (χ3v) is 12.0. The number of hydrogen-bond donors (Lipinski definition) is 5. The standard InChI is InChI=1S/C36H41N3O9S2/c1-22-5-11-31-29(17-22)35(3)15-13-24(33(35)38(31)19-27(42)20-49(43,44)45)6-8-26(37-23(2)41)9-7-25-14-16-36(4)30-18-28(50(46,47)48)10-12-32(30)39(21-40)34(25)36/h5-12,17-18,27,40,42H,13-16,19-21H2,1-4H3,(H2,43,44,45,46,47,48)/p+1/b9-7+. The molecule has 0 aromatic heterocycles. The van der Waals surface area contributed by atoms with Crippen LogP contribution in [0, 0.1) is 6.92 Å². The maximum atomic E-state index is 12.3. The van der Waals surface area contributed by atoms with Crippen molar-refractivity contribution in [2.45, 2.75) is 75.2 Å². The SMILES string of the molecule is CC(=O)NC(=C\C=C1/CCC2(C)C1=[N+](CC(O)CS(=O)(=O)O)c1ccc(C)cc12)/C=C/C1=C2N(CO)c3ccc(S(=O)(=O)O)cc3C2(C)CC1. The van der Waals surface area contributed by atoms with E-state index in [1.54, 1.807) is 23.1 Å². The molecule has 0 radical (unpaired) electrons. The zero-order chi connectivity index (χ0) is 36.4. The van der Waals surface area contributed by atoms with Gasteiger partial charge in [-0.3, -0.25) is 13.9 Å². The van der Waals surface area contributed by atoms with E-state index >= 15 is 0 Å². The zero-order valence-electron chi connectivity index (χ0n) is 28.3. The summed E-state index contributed by atoms with van der Waals surface area (Å²) in [6.45, 7) is 7.15. The molecular formula is C36H42N3O9S2+. The Hall–Kier alpha value is -3.92. The molecule has 14 heteroatoms. The van der Waals surface area contributed by atoms with Crippen LogP contribution >= 0.6 is 0 Å². The molecule has 0 spiro atoms. The predicted molar refractivity (Wildman–Crippen MR) is 189 cm³/mol. The van der Waals surface area contributed by atoms with Gasteiger partial charge < -0.3 is 20.4 Å². The van der Waals surface area contributed by atoms with E-state index < -0.39 is 42.9 Å². The second-order valence-electron chi connectivity index (χ2n) is 14.0. The number of β-amino-alcohol motifs (C(OH)–C–C–N with tert-alkyl or cyclic N) is 1. The minimum atomic E-state index is -4.42. The van der Waals surface area contributed by atoms with E-state index in [1.807, 2.05) is 42.7 Å². The number of amides is 1. The Morgan fingerprint density at radius 3 is 2.42 bits per heavy atom. The Morgan fingerprint density at radius 1 is 1.04 bits per heavy atom. The van der Waals surface area contributed by atoms with Crippen LogP contribution in [0.4, 0.5) is 11.4 Å². The summed E-state index contributed by atoms with van der Waals surface area (Å²) in [5.41, 5.74) is 7.48. The third kappa shape index (κ3) is 6.40. The summed E-state index contributed by atoms with van der Waals surface area (Å²) in [5, 5.41) is 24.0. The number of aliphatic hydroxyl groups is 2. The molecule has 0 saturated heterocycles. The van der Waals surface area contributed by atoms with E-state index in [0.717, 1.165) is 45.8 Å². The monoisotopic (exact) mass is 724 g/mol. The second kappa shape index (κ2) is 12.7. The van der Waals surface area contributed by atoms with Gasteiger partial charge in [0.15, 0.2) is 12.3 Å². The fourth-order valence-electron chi connectivity index (χ4n) is 8.23. The minimum absolute atomic E-state index is 0.0363. The molecule has 6 rings (SSSR count). The maximum Gasteiger partial charge on any atom is 0.294 e. The van der Waals surface area contributed by atoms with E-state index in [0.29, 0.717) is 36.2 Å². The van der Waals surface area contributed by atoms with Gasteiger partial charge in [0.2, 0.25) is 11.6 Å².